The van der Waals surface area contributed by atoms with Crippen molar-refractivity contribution in [2.24, 2.45) is 5.92 Å². The van der Waals surface area contributed by atoms with Crippen LogP contribution >= 0.6 is 0 Å². The zero-order valence-corrected chi connectivity index (χ0v) is 11.1. The van der Waals surface area contributed by atoms with Gasteiger partial charge in [-0.3, -0.25) is 4.79 Å². The van der Waals surface area contributed by atoms with Crippen LogP contribution in [0.5, 0.6) is 5.75 Å². The van der Waals surface area contributed by atoms with Gasteiger partial charge in [0.15, 0.2) is 11.4 Å². The molecular formula is C14H20N2O3. The minimum absolute atomic E-state index is 0.0361. The summed E-state index contributed by atoms with van der Waals surface area (Å²) in [4.78, 5) is 16.3. The molecule has 1 unspecified atom stereocenters. The lowest BCUT2D eigenvalue weighted by atomic mass is 10.1. The average molecular weight is 264 g/mol. The number of aromatic nitrogens is 1. The molecule has 104 valence electrons. The first kappa shape index (κ1) is 13.8. The van der Waals surface area contributed by atoms with Gasteiger partial charge in [-0.15, -0.1) is 0 Å². The molecule has 1 aromatic rings. The molecular weight excluding hydrogens is 244 g/mol. The summed E-state index contributed by atoms with van der Waals surface area (Å²) in [6.45, 7) is 2.45. The average Bonchev–Trinajstić information content (AvgIpc) is 3.23. The lowest BCUT2D eigenvalue weighted by molar-refractivity contribution is 0.0915. The molecule has 0 spiro atoms. The number of carbonyl (C=O) groups is 1. The summed E-state index contributed by atoms with van der Waals surface area (Å²) in [7, 11) is 0. The molecule has 2 rings (SSSR count). The van der Waals surface area contributed by atoms with E-state index >= 15 is 0 Å². The second kappa shape index (κ2) is 6.52. The van der Waals surface area contributed by atoms with Gasteiger partial charge in [-0.1, -0.05) is 0 Å². The van der Waals surface area contributed by atoms with E-state index in [1.807, 2.05) is 6.92 Å². The van der Waals surface area contributed by atoms with Gasteiger partial charge in [0.1, 0.15) is 0 Å². The Kier molecular flexibility index (Phi) is 4.74. The Labute approximate surface area is 113 Å². The van der Waals surface area contributed by atoms with Gasteiger partial charge in [0.2, 0.25) is 0 Å². The third-order valence-electron chi connectivity index (χ3n) is 3.23. The van der Waals surface area contributed by atoms with Crippen LogP contribution in [0.2, 0.25) is 0 Å². The molecule has 0 radical (unpaired) electrons. The molecule has 1 aromatic heterocycles. The van der Waals surface area contributed by atoms with E-state index in [1.165, 1.54) is 0 Å². The van der Waals surface area contributed by atoms with Crippen LogP contribution in [-0.4, -0.2) is 35.3 Å². The van der Waals surface area contributed by atoms with E-state index in [4.69, 9.17) is 9.84 Å². The minimum Gasteiger partial charge on any atom is -0.491 e. The van der Waals surface area contributed by atoms with E-state index in [-0.39, 0.29) is 18.6 Å². The first-order valence-corrected chi connectivity index (χ1v) is 6.75. The highest BCUT2D eigenvalue weighted by atomic mass is 16.5. The lowest BCUT2D eigenvalue weighted by Crippen LogP contribution is -2.37. The van der Waals surface area contributed by atoms with Gasteiger partial charge in [0, 0.05) is 18.8 Å². The zero-order chi connectivity index (χ0) is 13.7. The molecule has 0 bridgehead atoms. The van der Waals surface area contributed by atoms with Gasteiger partial charge >= 0.3 is 0 Å². The van der Waals surface area contributed by atoms with Gasteiger partial charge < -0.3 is 15.2 Å². The van der Waals surface area contributed by atoms with Crippen molar-refractivity contribution in [2.75, 3.05) is 13.2 Å². The number of aliphatic hydroxyl groups excluding tert-OH is 1. The largest absolute Gasteiger partial charge is 0.491 e. The van der Waals surface area contributed by atoms with Crippen LogP contribution in [0.15, 0.2) is 18.3 Å². The second-order valence-corrected chi connectivity index (χ2v) is 4.71. The molecule has 0 saturated heterocycles. The molecule has 1 saturated carbocycles. The summed E-state index contributed by atoms with van der Waals surface area (Å²) in [6.07, 6.45) is 4.40. The maximum Gasteiger partial charge on any atom is 0.273 e. The summed E-state index contributed by atoms with van der Waals surface area (Å²) in [5.74, 6) is 0.769. The number of hydrogen-bond donors (Lipinski definition) is 2. The minimum atomic E-state index is -0.227. The van der Waals surface area contributed by atoms with Crippen LogP contribution in [-0.2, 0) is 0 Å². The van der Waals surface area contributed by atoms with E-state index < -0.39 is 0 Å². The number of aliphatic hydroxyl groups is 1. The highest BCUT2D eigenvalue weighted by Crippen LogP contribution is 2.34. The zero-order valence-electron chi connectivity index (χ0n) is 11.1. The SMILES string of the molecule is CCOc1cccnc1C(=O)NC(CCO)C1CC1. The topological polar surface area (TPSA) is 71.5 Å². The fourth-order valence-corrected chi connectivity index (χ4v) is 2.13. The van der Waals surface area contributed by atoms with E-state index in [0.29, 0.717) is 30.4 Å². The van der Waals surface area contributed by atoms with Crippen molar-refractivity contribution in [1.29, 1.82) is 0 Å². The Morgan fingerprint density at radius 2 is 2.42 bits per heavy atom. The van der Waals surface area contributed by atoms with Crippen molar-refractivity contribution >= 4 is 5.91 Å². The van der Waals surface area contributed by atoms with Crippen molar-refractivity contribution in [1.82, 2.24) is 10.3 Å². The monoisotopic (exact) mass is 264 g/mol. The van der Waals surface area contributed by atoms with Crippen molar-refractivity contribution in [3.8, 4) is 5.75 Å². The molecule has 5 heteroatoms. The maximum absolute atomic E-state index is 12.2. The van der Waals surface area contributed by atoms with E-state index in [1.54, 1.807) is 18.3 Å². The van der Waals surface area contributed by atoms with Crippen molar-refractivity contribution in [2.45, 2.75) is 32.2 Å². The Balaban J connectivity index is 2.05. The van der Waals surface area contributed by atoms with Crippen LogP contribution in [0.3, 0.4) is 0 Å². The molecule has 0 aromatic carbocycles. The van der Waals surface area contributed by atoms with Crippen molar-refractivity contribution < 1.29 is 14.6 Å². The fourth-order valence-electron chi connectivity index (χ4n) is 2.13. The Hall–Kier alpha value is -1.62. The van der Waals surface area contributed by atoms with Gasteiger partial charge in [-0.2, -0.15) is 0 Å². The van der Waals surface area contributed by atoms with Crippen molar-refractivity contribution in [3.63, 3.8) is 0 Å². The Bertz CT molecular complexity index is 432. The number of hydrogen-bond acceptors (Lipinski definition) is 4. The normalized spacial score (nSPS) is 15.9. The van der Waals surface area contributed by atoms with Crippen molar-refractivity contribution in [3.05, 3.63) is 24.0 Å². The molecule has 0 aliphatic heterocycles. The molecule has 5 nitrogen and oxygen atoms in total. The maximum atomic E-state index is 12.2. The number of ether oxygens (including phenoxy) is 1. The molecule has 1 heterocycles. The highest BCUT2D eigenvalue weighted by Gasteiger charge is 2.32. The molecule has 1 fully saturated rings. The molecule has 2 N–H and O–H groups in total. The van der Waals surface area contributed by atoms with Crippen LogP contribution in [0, 0.1) is 5.92 Å². The van der Waals surface area contributed by atoms with E-state index in [9.17, 15) is 4.79 Å². The lowest BCUT2D eigenvalue weighted by Gasteiger charge is -2.17. The second-order valence-electron chi connectivity index (χ2n) is 4.71. The summed E-state index contributed by atoms with van der Waals surface area (Å²) in [6, 6.07) is 3.52. The highest BCUT2D eigenvalue weighted by molar-refractivity contribution is 5.95. The first-order valence-electron chi connectivity index (χ1n) is 6.75. The Morgan fingerprint density at radius 1 is 1.63 bits per heavy atom. The molecule has 19 heavy (non-hydrogen) atoms. The van der Waals surface area contributed by atoms with Gasteiger partial charge in [0.25, 0.3) is 5.91 Å². The fraction of sp³-hybridized carbons (Fsp3) is 0.571. The number of rotatable bonds is 7. The summed E-state index contributed by atoms with van der Waals surface area (Å²) in [5.41, 5.74) is 0.313. The quantitative estimate of drug-likeness (QED) is 0.780. The molecule has 1 aliphatic rings. The molecule has 1 aliphatic carbocycles. The molecule has 1 amide bonds. The third kappa shape index (κ3) is 3.67. The van der Waals surface area contributed by atoms with Gasteiger partial charge in [0.05, 0.1) is 6.61 Å². The standard InChI is InChI=1S/C14H20N2O3/c1-2-19-12-4-3-8-15-13(12)14(18)16-11(7-9-17)10-5-6-10/h3-4,8,10-11,17H,2,5-7,9H2,1H3,(H,16,18). The smallest absolute Gasteiger partial charge is 0.273 e. The van der Waals surface area contributed by atoms with Crippen LogP contribution < -0.4 is 10.1 Å². The van der Waals surface area contributed by atoms with E-state index in [0.717, 1.165) is 12.8 Å². The van der Waals surface area contributed by atoms with E-state index in [2.05, 4.69) is 10.3 Å². The predicted octanol–water partition coefficient (Wildman–Crippen LogP) is 1.37. The third-order valence-corrected chi connectivity index (χ3v) is 3.23. The number of amides is 1. The summed E-state index contributed by atoms with van der Waals surface area (Å²) < 4.78 is 5.40. The van der Waals surface area contributed by atoms with Crippen LogP contribution in [0.1, 0.15) is 36.7 Å². The summed E-state index contributed by atoms with van der Waals surface area (Å²) in [5, 5.41) is 12.0. The summed E-state index contributed by atoms with van der Waals surface area (Å²) >= 11 is 0. The van der Waals surface area contributed by atoms with Crippen LogP contribution in [0.4, 0.5) is 0 Å². The number of nitrogens with one attached hydrogen (secondary N) is 1. The molecule has 1 atom stereocenters. The predicted molar refractivity (Wildman–Crippen MR) is 71.1 cm³/mol. The van der Waals surface area contributed by atoms with Gasteiger partial charge in [-0.25, -0.2) is 4.98 Å². The van der Waals surface area contributed by atoms with Gasteiger partial charge in [-0.05, 0) is 44.2 Å². The van der Waals surface area contributed by atoms with Crippen LogP contribution in [0.25, 0.3) is 0 Å². The Morgan fingerprint density at radius 3 is 3.05 bits per heavy atom. The number of carbonyl (C=O) groups excluding carboxylic acids is 1. The number of pyridine rings is 1. The number of nitrogens with zero attached hydrogens (tertiary/aromatic N) is 1. The first-order chi connectivity index (χ1) is 9.26.